The number of carbonyl (C=O) groups excluding carboxylic acids is 2. The van der Waals surface area contributed by atoms with Gasteiger partial charge in [0, 0.05) is 12.8 Å². The molecule has 0 aromatic rings. The van der Waals surface area contributed by atoms with Crippen molar-refractivity contribution in [3.8, 4) is 0 Å². The Bertz CT molecular complexity index is 895. The maximum atomic E-state index is 12.2. The Labute approximate surface area is 295 Å². The van der Waals surface area contributed by atoms with Gasteiger partial charge in [-0.25, -0.2) is 0 Å². The lowest BCUT2D eigenvalue weighted by atomic mass is 10.1. The average molecular weight is 669 g/mol. The molecule has 0 amide bonds. The fourth-order valence-electron chi connectivity index (χ4n) is 4.98. The van der Waals surface area contributed by atoms with Crippen LogP contribution in [0.4, 0.5) is 0 Å². The molecular formula is C43H72O5. The normalized spacial score (nSPS) is 13.0. The van der Waals surface area contributed by atoms with E-state index in [1.807, 2.05) is 0 Å². The molecule has 0 aromatic carbocycles. The van der Waals surface area contributed by atoms with Crippen LogP contribution >= 0.6 is 0 Å². The van der Waals surface area contributed by atoms with E-state index in [9.17, 15) is 14.7 Å². The number of esters is 2. The van der Waals surface area contributed by atoms with Gasteiger partial charge in [0.1, 0.15) is 6.61 Å². The molecule has 1 atom stereocenters. The molecule has 0 spiro atoms. The smallest absolute Gasteiger partial charge is 0.306 e. The molecule has 0 bridgehead atoms. The first-order valence-electron chi connectivity index (χ1n) is 19.5. The number of carbonyl (C=O) groups is 2. The van der Waals surface area contributed by atoms with E-state index >= 15 is 0 Å². The van der Waals surface area contributed by atoms with Crippen LogP contribution in [0.25, 0.3) is 0 Å². The molecule has 1 N–H and O–H groups in total. The number of hydrogen-bond acceptors (Lipinski definition) is 5. The average Bonchev–Trinajstić information content (AvgIpc) is 3.09. The van der Waals surface area contributed by atoms with Crippen molar-refractivity contribution in [3.63, 3.8) is 0 Å². The van der Waals surface area contributed by atoms with Gasteiger partial charge in [-0.15, -0.1) is 0 Å². The van der Waals surface area contributed by atoms with Gasteiger partial charge in [-0.05, 0) is 89.9 Å². The quantitative estimate of drug-likeness (QED) is 0.0420. The topological polar surface area (TPSA) is 72.8 Å². The Hall–Kier alpha value is -2.66. The maximum Gasteiger partial charge on any atom is 0.306 e. The lowest BCUT2D eigenvalue weighted by Crippen LogP contribution is -2.28. The summed E-state index contributed by atoms with van der Waals surface area (Å²) in [4.78, 5) is 24.2. The number of ether oxygens (including phenoxy) is 2. The summed E-state index contributed by atoms with van der Waals surface area (Å²) in [7, 11) is 0. The number of rotatable bonds is 34. The molecule has 0 aliphatic rings. The van der Waals surface area contributed by atoms with Gasteiger partial charge in [-0.2, -0.15) is 0 Å². The van der Waals surface area contributed by atoms with Crippen LogP contribution in [0.5, 0.6) is 0 Å². The third-order valence-electron chi connectivity index (χ3n) is 7.97. The van der Waals surface area contributed by atoms with Gasteiger partial charge in [-0.3, -0.25) is 9.59 Å². The summed E-state index contributed by atoms with van der Waals surface area (Å²) in [6.45, 7) is 4.03. The monoisotopic (exact) mass is 669 g/mol. The minimum atomic E-state index is -0.795. The van der Waals surface area contributed by atoms with Crippen molar-refractivity contribution in [2.45, 2.75) is 174 Å². The SMILES string of the molecule is CCCCC/C=C/C/C=C/C/C=C/CCCCCCC(=O)OC[C@H](CO)OC(=O)CCCCCC/C=C/C/C=C/C/C=C/CCCCC. The highest BCUT2D eigenvalue weighted by molar-refractivity contribution is 5.70. The van der Waals surface area contributed by atoms with Gasteiger partial charge >= 0.3 is 11.9 Å². The van der Waals surface area contributed by atoms with Crippen molar-refractivity contribution in [2.24, 2.45) is 0 Å². The number of allylic oxidation sites excluding steroid dienone is 12. The van der Waals surface area contributed by atoms with Crippen LogP contribution in [-0.4, -0.2) is 36.4 Å². The van der Waals surface area contributed by atoms with Crippen molar-refractivity contribution in [2.75, 3.05) is 13.2 Å². The number of aliphatic hydroxyl groups is 1. The summed E-state index contributed by atoms with van der Waals surface area (Å²) in [5.74, 6) is -0.648. The van der Waals surface area contributed by atoms with Gasteiger partial charge in [0.15, 0.2) is 6.10 Å². The van der Waals surface area contributed by atoms with Crippen molar-refractivity contribution in [1.29, 1.82) is 0 Å². The van der Waals surface area contributed by atoms with Gasteiger partial charge in [0.2, 0.25) is 0 Å². The molecule has 0 rings (SSSR count). The zero-order chi connectivity index (χ0) is 35.0. The van der Waals surface area contributed by atoms with Gasteiger partial charge in [0.05, 0.1) is 6.61 Å². The van der Waals surface area contributed by atoms with Crippen LogP contribution in [0.1, 0.15) is 168 Å². The van der Waals surface area contributed by atoms with Crippen LogP contribution in [0.2, 0.25) is 0 Å². The summed E-state index contributed by atoms with van der Waals surface area (Å²) in [5, 5.41) is 9.55. The highest BCUT2D eigenvalue weighted by Gasteiger charge is 2.16. The predicted octanol–water partition coefficient (Wildman–Crippen LogP) is 12.2. The molecule has 0 unspecified atom stereocenters. The zero-order valence-corrected chi connectivity index (χ0v) is 31.0. The third-order valence-corrected chi connectivity index (χ3v) is 7.97. The Balaban J connectivity index is 3.68. The minimum Gasteiger partial charge on any atom is -0.462 e. The van der Waals surface area contributed by atoms with E-state index in [1.165, 1.54) is 51.4 Å². The lowest BCUT2D eigenvalue weighted by molar-refractivity contribution is -0.161. The molecule has 0 radical (unpaired) electrons. The highest BCUT2D eigenvalue weighted by Crippen LogP contribution is 2.10. The van der Waals surface area contributed by atoms with Gasteiger partial charge in [0.25, 0.3) is 0 Å². The Morgan fingerprint density at radius 3 is 1.23 bits per heavy atom. The van der Waals surface area contributed by atoms with Crippen molar-refractivity contribution in [3.05, 3.63) is 72.9 Å². The molecule has 5 heteroatoms. The molecule has 0 fully saturated rings. The molecule has 274 valence electrons. The fourth-order valence-corrected chi connectivity index (χ4v) is 4.98. The molecule has 5 nitrogen and oxygen atoms in total. The van der Waals surface area contributed by atoms with Crippen LogP contribution in [-0.2, 0) is 19.1 Å². The molecule has 0 aliphatic heterocycles. The molecule has 0 aromatic heterocycles. The van der Waals surface area contributed by atoms with Crippen LogP contribution in [0.3, 0.4) is 0 Å². The number of unbranched alkanes of at least 4 members (excludes halogenated alkanes) is 14. The van der Waals surface area contributed by atoms with E-state index in [4.69, 9.17) is 9.47 Å². The maximum absolute atomic E-state index is 12.2. The molecular weight excluding hydrogens is 596 g/mol. The first-order valence-corrected chi connectivity index (χ1v) is 19.5. The van der Waals surface area contributed by atoms with E-state index in [2.05, 4.69) is 86.8 Å². The predicted molar refractivity (Wildman–Crippen MR) is 205 cm³/mol. The van der Waals surface area contributed by atoms with Crippen molar-refractivity contribution in [1.82, 2.24) is 0 Å². The second-order valence-electron chi connectivity index (χ2n) is 12.6. The molecule has 0 heterocycles. The number of aliphatic hydroxyl groups excluding tert-OH is 1. The second-order valence-corrected chi connectivity index (χ2v) is 12.6. The van der Waals surface area contributed by atoms with Crippen molar-refractivity contribution < 1.29 is 24.2 Å². The zero-order valence-electron chi connectivity index (χ0n) is 31.0. The summed E-state index contributed by atoms with van der Waals surface area (Å²) >= 11 is 0. The largest absolute Gasteiger partial charge is 0.462 e. The van der Waals surface area contributed by atoms with Crippen LogP contribution in [0, 0.1) is 0 Å². The first kappa shape index (κ1) is 45.3. The molecule has 48 heavy (non-hydrogen) atoms. The van der Waals surface area contributed by atoms with Crippen molar-refractivity contribution >= 4 is 11.9 Å². The standard InChI is InChI=1S/C43H72O5/c1-3-5-7-9-11-13-15-17-19-21-23-25-27-29-31-33-35-37-42(45)47-40-41(39-44)48-43(46)38-36-34-32-30-28-26-24-22-20-18-16-14-12-10-8-6-4-2/h11-14,17-20,23-26,41,44H,3-10,15-16,21-22,27-40H2,1-2H3/b13-11+,14-12+,19-17+,20-18+,25-23+,26-24+/t41-/m0/s1. The third kappa shape index (κ3) is 36.2. The summed E-state index contributed by atoms with van der Waals surface area (Å²) in [6.07, 6.45) is 50.9. The molecule has 0 aliphatic carbocycles. The van der Waals surface area contributed by atoms with Gasteiger partial charge < -0.3 is 14.6 Å². The minimum absolute atomic E-state index is 0.0904. The second kappa shape index (κ2) is 38.8. The Morgan fingerprint density at radius 1 is 0.479 bits per heavy atom. The lowest BCUT2D eigenvalue weighted by Gasteiger charge is -2.15. The Morgan fingerprint density at radius 2 is 0.833 bits per heavy atom. The molecule has 0 saturated carbocycles. The van der Waals surface area contributed by atoms with E-state index in [0.717, 1.165) is 89.9 Å². The fraction of sp³-hybridized carbons (Fsp3) is 0.674. The van der Waals surface area contributed by atoms with E-state index in [-0.39, 0.29) is 25.2 Å². The van der Waals surface area contributed by atoms with E-state index in [1.54, 1.807) is 0 Å². The number of hydrogen-bond donors (Lipinski definition) is 1. The summed E-state index contributed by atoms with van der Waals surface area (Å²) in [5.41, 5.74) is 0. The van der Waals surface area contributed by atoms with Crippen LogP contribution < -0.4 is 0 Å². The molecule has 0 saturated heterocycles. The highest BCUT2D eigenvalue weighted by atomic mass is 16.6. The van der Waals surface area contributed by atoms with E-state index < -0.39 is 6.10 Å². The Kier molecular flexibility index (Phi) is 36.6. The summed E-state index contributed by atoms with van der Waals surface area (Å²) in [6, 6.07) is 0. The van der Waals surface area contributed by atoms with E-state index in [0.29, 0.717) is 12.8 Å². The van der Waals surface area contributed by atoms with Gasteiger partial charge in [-0.1, -0.05) is 138 Å². The summed E-state index contributed by atoms with van der Waals surface area (Å²) < 4.78 is 10.6. The van der Waals surface area contributed by atoms with Crippen LogP contribution in [0.15, 0.2) is 72.9 Å². The first-order chi connectivity index (χ1) is 23.6.